The molecule has 1 N–H and O–H groups in total. The third kappa shape index (κ3) is 2.35. The number of hydrogen-bond donors (Lipinski definition) is 1. The number of Topliss-reactive ketones (excluding diaryl/α,β-unsaturated/α-hetero) is 1. The first-order valence-electron chi connectivity index (χ1n) is 5.74. The maximum Gasteiger partial charge on any atom is 0.133 e. The molecule has 0 aromatic heterocycles. The average molecular weight is 423 g/mol. The van der Waals surface area contributed by atoms with E-state index in [1.165, 1.54) is 0 Å². The van der Waals surface area contributed by atoms with Crippen molar-refractivity contribution in [2.45, 2.75) is 52.1 Å². The topological polar surface area (TPSA) is 37.3 Å². The van der Waals surface area contributed by atoms with Crippen molar-refractivity contribution in [1.82, 2.24) is 0 Å². The summed E-state index contributed by atoms with van der Waals surface area (Å²) in [6.45, 7) is 3.92. The van der Waals surface area contributed by atoms with Gasteiger partial charge in [0.15, 0.2) is 0 Å². The van der Waals surface area contributed by atoms with Crippen LogP contribution < -0.4 is 0 Å². The third-order valence-electron chi connectivity index (χ3n) is 4.58. The van der Waals surface area contributed by atoms with Gasteiger partial charge in [-0.2, -0.15) is 0 Å². The molecule has 0 bridgehead atoms. The normalized spacial score (nSPS) is 44.3. The number of rotatable bonds is 1. The molecule has 0 heterocycles. The molecular weight excluding hydrogens is 403 g/mol. The van der Waals surface area contributed by atoms with Crippen LogP contribution in [-0.4, -0.2) is 17.0 Å². The Morgan fingerprint density at radius 3 is 2.60 bits per heavy atom. The molecule has 15 heavy (non-hydrogen) atoms. The van der Waals surface area contributed by atoms with Crippen LogP contribution in [-0.2, 0) is 4.79 Å². The minimum atomic E-state index is -0.155. The molecule has 1 radical (unpaired) electrons. The Morgan fingerprint density at radius 2 is 2.00 bits per heavy atom. The van der Waals surface area contributed by atoms with Crippen molar-refractivity contribution in [3.8, 4) is 0 Å². The second-order valence-electron chi connectivity index (χ2n) is 5.31. The number of aliphatic hydroxyl groups is 1. The standard InChI is InChI=1S/C12H20O2.Ac/c1-8(13)9-5-6-10-11(14)4-3-7-12(9,10)2;/h9-11,14H,3-7H2,1-2H3;. The molecule has 2 fully saturated rings. The molecule has 0 aromatic carbocycles. The SMILES string of the molecule is CC(=O)C1CCC2C(O)CCCC12C.[Ac]. The summed E-state index contributed by atoms with van der Waals surface area (Å²) in [6.07, 6.45) is 5.02. The molecule has 2 aliphatic carbocycles. The minimum absolute atomic E-state index is 0. The Balaban J connectivity index is 0.00000112. The number of aliphatic hydroxyl groups excluding tert-OH is 1. The number of hydrogen-bond acceptors (Lipinski definition) is 2. The first-order chi connectivity index (χ1) is 6.55. The molecule has 0 aromatic rings. The second-order valence-corrected chi connectivity index (χ2v) is 5.31. The van der Waals surface area contributed by atoms with Gasteiger partial charge in [0.25, 0.3) is 0 Å². The van der Waals surface area contributed by atoms with E-state index in [9.17, 15) is 9.90 Å². The Morgan fingerprint density at radius 1 is 1.33 bits per heavy atom. The summed E-state index contributed by atoms with van der Waals surface area (Å²) in [5.41, 5.74) is 0.101. The van der Waals surface area contributed by atoms with Crippen LogP contribution in [0.5, 0.6) is 0 Å². The molecule has 0 amide bonds. The summed E-state index contributed by atoms with van der Waals surface area (Å²) in [5, 5.41) is 9.93. The van der Waals surface area contributed by atoms with E-state index in [1.54, 1.807) is 6.92 Å². The van der Waals surface area contributed by atoms with Crippen molar-refractivity contribution < 1.29 is 54.0 Å². The zero-order valence-corrected chi connectivity index (χ0v) is 14.4. The minimum Gasteiger partial charge on any atom is -0.393 e. The van der Waals surface area contributed by atoms with E-state index in [4.69, 9.17) is 0 Å². The van der Waals surface area contributed by atoms with Crippen molar-refractivity contribution in [2.75, 3.05) is 0 Å². The van der Waals surface area contributed by atoms with Crippen LogP contribution in [0, 0.1) is 61.3 Å². The monoisotopic (exact) mass is 423 g/mol. The maximum atomic E-state index is 11.5. The van der Waals surface area contributed by atoms with E-state index in [0.29, 0.717) is 11.7 Å². The van der Waals surface area contributed by atoms with Gasteiger partial charge in [-0.1, -0.05) is 13.3 Å². The fourth-order valence-corrected chi connectivity index (χ4v) is 3.82. The van der Waals surface area contributed by atoms with Gasteiger partial charge in [0, 0.05) is 50.0 Å². The molecule has 2 aliphatic rings. The van der Waals surface area contributed by atoms with Gasteiger partial charge in [-0.3, -0.25) is 4.79 Å². The molecule has 3 heteroatoms. The van der Waals surface area contributed by atoms with Crippen LogP contribution in [0.15, 0.2) is 0 Å². The Hall–Kier alpha value is 1.07. The van der Waals surface area contributed by atoms with Gasteiger partial charge in [0.2, 0.25) is 0 Å². The summed E-state index contributed by atoms with van der Waals surface area (Å²) in [5.74, 6) is 0.914. The Bertz CT molecular complexity index is 254. The number of carbonyl (C=O) groups excluding carboxylic acids is 1. The van der Waals surface area contributed by atoms with Gasteiger partial charge in [-0.05, 0) is 43.9 Å². The molecule has 0 aliphatic heterocycles. The summed E-state index contributed by atoms with van der Waals surface area (Å²) < 4.78 is 0. The van der Waals surface area contributed by atoms with Crippen LogP contribution in [0.25, 0.3) is 0 Å². The molecule has 2 saturated carbocycles. The van der Waals surface area contributed by atoms with Crippen LogP contribution in [0.4, 0.5) is 0 Å². The van der Waals surface area contributed by atoms with E-state index in [-0.39, 0.29) is 61.5 Å². The fourth-order valence-electron chi connectivity index (χ4n) is 3.82. The van der Waals surface area contributed by atoms with E-state index < -0.39 is 0 Å². The number of ketones is 1. The van der Waals surface area contributed by atoms with Gasteiger partial charge < -0.3 is 5.11 Å². The van der Waals surface area contributed by atoms with Crippen LogP contribution in [0.2, 0.25) is 0 Å². The van der Waals surface area contributed by atoms with Crippen molar-refractivity contribution in [3.05, 3.63) is 0 Å². The predicted molar refractivity (Wildman–Crippen MR) is 54.9 cm³/mol. The molecule has 83 valence electrons. The summed E-state index contributed by atoms with van der Waals surface area (Å²) in [4.78, 5) is 11.5. The Labute approximate surface area is 128 Å². The van der Waals surface area contributed by atoms with Crippen LogP contribution in [0.3, 0.4) is 0 Å². The zero-order valence-electron chi connectivity index (χ0n) is 9.70. The largest absolute Gasteiger partial charge is 0.393 e. The quantitative estimate of drug-likeness (QED) is 0.702. The van der Waals surface area contributed by atoms with Crippen LogP contribution in [0.1, 0.15) is 46.0 Å². The molecule has 0 saturated heterocycles. The van der Waals surface area contributed by atoms with Crippen LogP contribution >= 0.6 is 0 Å². The van der Waals surface area contributed by atoms with Crippen molar-refractivity contribution in [1.29, 1.82) is 0 Å². The first-order valence-corrected chi connectivity index (χ1v) is 5.74. The van der Waals surface area contributed by atoms with E-state index in [1.807, 2.05) is 0 Å². The van der Waals surface area contributed by atoms with Crippen molar-refractivity contribution in [2.24, 2.45) is 17.3 Å². The second kappa shape index (κ2) is 5.15. The van der Waals surface area contributed by atoms with Gasteiger partial charge in [-0.25, -0.2) is 0 Å². The van der Waals surface area contributed by atoms with Gasteiger partial charge in [0.1, 0.15) is 5.78 Å². The molecule has 4 unspecified atom stereocenters. The van der Waals surface area contributed by atoms with E-state index >= 15 is 0 Å². The Kier molecular flexibility index (Phi) is 4.85. The third-order valence-corrected chi connectivity index (χ3v) is 4.58. The van der Waals surface area contributed by atoms with Gasteiger partial charge in [-0.15, -0.1) is 0 Å². The summed E-state index contributed by atoms with van der Waals surface area (Å²) >= 11 is 0. The predicted octanol–water partition coefficient (Wildman–Crippen LogP) is 2.15. The molecule has 4 atom stereocenters. The smallest absolute Gasteiger partial charge is 0.133 e. The number of carbonyl (C=O) groups is 1. The molecular formula is C12H20AcO2. The van der Waals surface area contributed by atoms with Gasteiger partial charge in [0.05, 0.1) is 6.10 Å². The first kappa shape index (κ1) is 14.1. The van der Waals surface area contributed by atoms with Gasteiger partial charge >= 0.3 is 0 Å². The zero-order chi connectivity index (χ0) is 10.3. The molecule has 0 spiro atoms. The maximum absolute atomic E-state index is 11.5. The van der Waals surface area contributed by atoms with Crippen molar-refractivity contribution >= 4 is 5.78 Å². The van der Waals surface area contributed by atoms with E-state index in [0.717, 1.165) is 32.1 Å². The fraction of sp³-hybridized carbons (Fsp3) is 0.917. The molecule has 2 nitrogen and oxygen atoms in total. The van der Waals surface area contributed by atoms with E-state index in [2.05, 4.69) is 6.92 Å². The number of fused-ring (bicyclic) bond motifs is 1. The summed E-state index contributed by atoms with van der Waals surface area (Å²) in [6, 6.07) is 0. The summed E-state index contributed by atoms with van der Waals surface area (Å²) in [7, 11) is 0. The van der Waals surface area contributed by atoms with Crippen molar-refractivity contribution in [3.63, 3.8) is 0 Å². The molecule has 2 rings (SSSR count). The average Bonchev–Trinajstić information content (AvgIpc) is 2.43.